The number of halogens is 2. The van der Waals surface area contributed by atoms with E-state index in [1.165, 1.54) is 0 Å². The van der Waals surface area contributed by atoms with Gasteiger partial charge in [-0.2, -0.15) is 0 Å². The molecule has 1 spiro atoms. The average Bonchev–Trinajstić information content (AvgIpc) is 2.95. The molecule has 1 saturated carbocycles. The van der Waals surface area contributed by atoms with Crippen molar-refractivity contribution in [3.05, 3.63) is 0 Å². The van der Waals surface area contributed by atoms with Crippen LogP contribution in [0.5, 0.6) is 0 Å². The van der Waals surface area contributed by atoms with E-state index >= 15 is 0 Å². The molecule has 2 saturated heterocycles. The summed E-state index contributed by atoms with van der Waals surface area (Å²) in [6.07, 6.45) is 2.18. The molecular formula is C12H19F2NO2. The molecule has 0 amide bonds. The standard InChI is InChI=1S/C12H19F2NO2/c13-12(14)3-1-2-10(12)8-15-5-4-11(9-15)16-6-7-17-11/h10H,1-9H2. The van der Waals surface area contributed by atoms with Gasteiger partial charge in [-0.1, -0.05) is 0 Å². The molecule has 3 fully saturated rings. The summed E-state index contributed by atoms with van der Waals surface area (Å²) in [5, 5.41) is 0. The van der Waals surface area contributed by atoms with Crippen molar-refractivity contribution in [3.63, 3.8) is 0 Å². The monoisotopic (exact) mass is 247 g/mol. The molecule has 5 heteroatoms. The van der Waals surface area contributed by atoms with Gasteiger partial charge in [0.15, 0.2) is 5.79 Å². The minimum Gasteiger partial charge on any atom is -0.346 e. The summed E-state index contributed by atoms with van der Waals surface area (Å²) in [6, 6.07) is 0. The maximum absolute atomic E-state index is 13.5. The van der Waals surface area contributed by atoms with Gasteiger partial charge in [0.25, 0.3) is 5.92 Å². The lowest BCUT2D eigenvalue weighted by Crippen LogP contribution is -2.38. The molecule has 0 aromatic rings. The van der Waals surface area contributed by atoms with Crippen LogP contribution in [0, 0.1) is 5.92 Å². The zero-order valence-electron chi connectivity index (χ0n) is 9.96. The van der Waals surface area contributed by atoms with E-state index in [2.05, 4.69) is 4.90 Å². The Labute approximate surface area is 100 Å². The minimum absolute atomic E-state index is 0.0592. The van der Waals surface area contributed by atoms with Gasteiger partial charge < -0.3 is 9.47 Å². The van der Waals surface area contributed by atoms with Crippen molar-refractivity contribution in [1.82, 2.24) is 4.90 Å². The van der Waals surface area contributed by atoms with Gasteiger partial charge in [-0.25, -0.2) is 8.78 Å². The Morgan fingerprint density at radius 2 is 1.94 bits per heavy atom. The maximum atomic E-state index is 13.5. The van der Waals surface area contributed by atoms with Gasteiger partial charge in [-0.3, -0.25) is 4.90 Å². The predicted molar refractivity (Wildman–Crippen MR) is 58.0 cm³/mol. The number of ether oxygens (including phenoxy) is 2. The van der Waals surface area contributed by atoms with E-state index in [-0.39, 0.29) is 6.42 Å². The predicted octanol–water partition coefficient (Wildman–Crippen LogP) is 1.87. The Hall–Kier alpha value is -0.260. The SMILES string of the molecule is FC1(F)CCCC1CN1CCC2(C1)OCCO2. The van der Waals surface area contributed by atoms with Crippen molar-refractivity contribution in [2.45, 2.75) is 37.4 Å². The van der Waals surface area contributed by atoms with Gasteiger partial charge >= 0.3 is 0 Å². The van der Waals surface area contributed by atoms with E-state index in [0.29, 0.717) is 39.1 Å². The highest BCUT2D eigenvalue weighted by Crippen LogP contribution is 2.41. The third kappa shape index (κ3) is 2.20. The highest BCUT2D eigenvalue weighted by atomic mass is 19.3. The summed E-state index contributed by atoms with van der Waals surface area (Å²) >= 11 is 0. The molecule has 98 valence electrons. The van der Waals surface area contributed by atoms with E-state index in [1.54, 1.807) is 0 Å². The molecule has 1 aliphatic carbocycles. The van der Waals surface area contributed by atoms with E-state index in [9.17, 15) is 8.78 Å². The smallest absolute Gasteiger partial charge is 0.252 e. The minimum atomic E-state index is -2.47. The zero-order valence-corrected chi connectivity index (χ0v) is 9.96. The van der Waals surface area contributed by atoms with E-state index in [0.717, 1.165) is 13.0 Å². The summed E-state index contributed by atoms with van der Waals surface area (Å²) in [7, 11) is 0. The number of hydrogen-bond donors (Lipinski definition) is 0. The number of likely N-dealkylation sites (tertiary alicyclic amines) is 1. The normalized spacial score (nSPS) is 36.0. The van der Waals surface area contributed by atoms with Crippen LogP contribution >= 0.6 is 0 Å². The largest absolute Gasteiger partial charge is 0.346 e. The fourth-order valence-electron chi connectivity index (χ4n) is 3.25. The van der Waals surface area contributed by atoms with Crippen molar-refractivity contribution < 1.29 is 18.3 Å². The van der Waals surface area contributed by atoms with Crippen molar-refractivity contribution in [1.29, 1.82) is 0 Å². The number of alkyl halides is 2. The number of rotatable bonds is 2. The van der Waals surface area contributed by atoms with E-state index < -0.39 is 17.6 Å². The van der Waals surface area contributed by atoms with Crippen molar-refractivity contribution in [2.24, 2.45) is 5.92 Å². The Bertz CT molecular complexity index is 292. The van der Waals surface area contributed by atoms with Gasteiger partial charge in [-0.15, -0.1) is 0 Å². The molecule has 1 unspecified atom stereocenters. The molecule has 3 nitrogen and oxygen atoms in total. The summed E-state index contributed by atoms with van der Waals surface area (Å²) in [5.41, 5.74) is 0. The van der Waals surface area contributed by atoms with Crippen LogP contribution in [0.4, 0.5) is 8.78 Å². The molecule has 2 heterocycles. The highest BCUT2D eigenvalue weighted by Gasteiger charge is 2.48. The Kier molecular flexibility index (Phi) is 2.88. The Balaban J connectivity index is 1.57. The molecule has 0 radical (unpaired) electrons. The molecule has 1 atom stereocenters. The fraction of sp³-hybridized carbons (Fsp3) is 1.00. The summed E-state index contributed by atoms with van der Waals surface area (Å²) in [6.45, 7) is 3.22. The lowest BCUT2D eigenvalue weighted by molar-refractivity contribution is -0.146. The van der Waals surface area contributed by atoms with Crippen molar-refractivity contribution in [3.8, 4) is 0 Å². The molecule has 0 N–H and O–H groups in total. The molecule has 2 aliphatic heterocycles. The number of hydrogen-bond acceptors (Lipinski definition) is 3. The van der Waals surface area contributed by atoms with Crippen LogP contribution in [0.25, 0.3) is 0 Å². The van der Waals surface area contributed by atoms with Crippen LogP contribution in [0.3, 0.4) is 0 Å². The van der Waals surface area contributed by atoms with Crippen LogP contribution < -0.4 is 0 Å². The van der Waals surface area contributed by atoms with E-state index in [4.69, 9.17) is 9.47 Å². The fourth-order valence-corrected chi connectivity index (χ4v) is 3.25. The molecule has 0 aromatic heterocycles. The van der Waals surface area contributed by atoms with Crippen LogP contribution in [0.15, 0.2) is 0 Å². The van der Waals surface area contributed by atoms with Crippen LogP contribution in [-0.4, -0.2) is 49.5 Å². The maximum Gasteiger partial charge on any atom is 0.252 e. The van der Waals surface area contributed by atoms with Gasteiger partial charge in [-0.05, 0) is 12.8 Å². The second kappa shape index (κ2) is 4.14. The van der Waals surface area contributed by atoms with Crippen molar-refractivity contribution >= 4 is 0 Å². The molecule has 17 heavy (non-hydrogen) atoms. The second-order valence-electron chi connectivity index (χ2n) is 5.44. The summed E-state index contributed by atoms with van der Waals surface area (Å²) < 4.78 is 38.3. The van der Waals surface area contributed by atoms with Crippen LogP contribution in [-0.2, 0) is 9.47 Å². The lowest BCUT2D eigenvalue weighted by Gasteiger charge is -2.26. The number of nitrogens with zero attached hydrogens (tertiary/aromatic N) is 1. The highest BCUT2D eigenvalue weighted by molar-refractivity contribution is 4.91. The molecule has 3 rings (SSSR count). The quantitative estimate of drug-likeness (QED) is 0.743. The average molecular weight is 247 g/mol. The summed E-state index contributed by atoms with van der Waals surface area (Å²) in [5.74, 6) is -3.42. The Morgan fingerprint density at radius 3 is 2.59 bits per heavy atom. The molecular weight excluding hydrogens is 228 g/mol. The van der Waals surface area contributed by atoms with Crippen LogP contribution in [0.2, 0.25) is 0 Å². The Morgan fingerprint density at radius 1 is 1.18 bits per heavy atom. The van der Waals surface area contributed by atoms with Gasteiger partial charge in [0.2, 0.25) is 0 Å². The first-order valence-corrected chi connectivity index (χ1v) is 6.48. The summed E-state index contributed by atoms with van der Waals surface area (Å²) in [4.78, 5) is 2.08. The molecule has 0 aromatic carbocycles. The van der Waals surface area contributed by atoms with E-state index in [1.807, 2.05) is 0 Å². The van der Waals surface area contributed by atoms with Crippen LogP contribution in [0.1, 0.15) is 25.7 Å². The second-order valence-corrected chi connectivity index (χ2v) is 5.44. The molecule has 0 bridgehead atoms. The molecule has 3 aliphatic rings. The van der Waals surface area contributed by atoms with Crippen molar-refractivity contribution in [2.75, 3.05) is 32.8 Å². The van der Waals surface area contributed by atoms with Gasteiger partial charge in [0.1, 0.15) is 0 Å². The first-order chi connectivity index (χ1) is 8.10. The zero-order chi connectivity index (χ0) is 11.9. The first kappa shape index (κ1) is 11.8. The van der Waals surface area contributed by atoms with Gasteiger partial charge in [0.05, 0.1) is 19.8 Å². The first-order valence-electron chi connectivity index (χ1n) is 6.48. The third-order valence-corrected chi connectivity index (χ3v) is 4.23. The third-order valence-electron chi connectivity index (χ3n) is 4.23. The lowest BCUT2D eigenvalue weighted by atomic mass is 10.0. The topological polar surface area (TPSA) is 21.7 Å². The van der Waals surface area contributed by atoms with Gasteiger partial charge in [0, 0.05) is 31.8 Å².